The van der Waals surface area contributed by atoms with Gasteiger partial charge in [-0.05, 0) is 44.6 Å². The third-order valence-electron chi connectivity index (χ3n) is 3.82. The number of nitrogens with two attached hydrogens (primary N) is 1. The standard InChI is InChI=1S/C12H22N2OS/c1-11(15)3-2-6-14(8-11)9-12(4-5-12)7-10(13)16/h15H,2-9H2,1H3,(H2,13,16). The van der Waals surface area contributed by atoms with E-state index in [0.717, 1.165) is 38.9 Å². The Morgan fingerprint density at radius 1 is 1.44 bits per heavy atom. The summed E-state index contributed by atoms with van der Waals surface area (Å²) in [5.74, 6) is 0. The minimum atomic E-state index is -0.502. The molecular formula is C12H22N2OS. The van der Waals surface area contributed by atoms with Gasteiger partial charge in [0.25, 0.3) is 0 Å². The molecule has 2 rings (SSSR count). The normalized spacial score (nSPS) is 33.6. The monoisotopic (exact) mass is 242 g/mol. The highest BCUT2D eigenvalue weighted by atomic mass is 32.1. The molecule has 0 aromatic carbocycles. The van der Waals surface area contributed by atoms with Crippen LogP contribution in [0.5, 0.6) is 0 Å². The predicted molar refractivity (Wildman–Crippen MR) is 69.4 cm³/mol. The lowest BCUT2D eigenvalue weighted by molar-refractivity contribution is -0.0209. The van der Waals surface area contributed by atoms with E-state index < -0.39 is 5.60 Å². The van der Waals surface area contributed by atoms with Gasteiger partial charge in [0.15, 0.2) is 0 Å². The molecule has 0 aromatic rings. The summed E-state index contributed by atoms with van der Waals surface area (Å²) in [6.45, 7) is 4.90. The molecule has 1 unspecified atom stereocenters. The first-order valence-electron chi connectivity index (χ1n) is 6.14. The topological polar surface area (TPSA) is 49.5 Å². The van der Waals surface area contributed by atoms with Crippen molar-refractivity contribution in [3.8, 4) is 0 Å². The molecule has 1 saturated carbocycles. The molecular weight excluding hydrogens is 220 g/mol. The number of hydrogen-bond acceptors (Lipinski definition) is 3. The average molecular weight is 242 g/mol. The van der Waals surface area contributed by atoms with Crippen LogP contribution in [0.2, 0.25) is 0 Å². The predicted octanol–water partition coefficient (Wildman–Crippen LogP) is 1.29. The summed E-state index contributed by atoms with van der Waals surface area (Å²) in [5.41, 5.74) is 5.48. The van der Waals surface area contributed by atoms with Crippen molar-refractivity contribution in [3.63, 3.8) is 0 Å². The fourth-order valence-corrected chi connectivity index (χ4v) is 3.18. The summed E-state index contributed by atoms with van der Waals surface area (Å²) >= 11 is 5.01. The van der Waals surface area contributed by atoms with Crippen LogP contribution >= 0.6 is 12.2 Å². The Kier molecular flexibility index (Phi) is 3.25. The van der Waals surface area contributed by atoms with Gasteiger partial charge in [-0.3, -0.25) is 4.90 Å². The molecule has 92 valence electrons. The van der Waals surface area contributed by atoms with Crippen molar-refractivity contribution in [2.24, 2.45) is 11.1 Å². The number of rotatable bonds is 4. The highest BCUT2D eigenvalue weighted by molar-refractivity contribution is 7.80. The number of thiocarbonyl (C=S) groups is 1. The maximum absolute atomic E-state index is 10.1. The fraction of sp³-hybridized carbons (Fsp3) is 0.917. The largest absolute Gasteiger partial charge is 0.393 e. The minimum Gasteiger partial charge on any atom is -0.393 e. The van der Waals surface area contributed by atoms with Crippen LogP contribution in [0.1, 0.15) is 39.0 Å². The van der Waals surface area contributed by atoms with Crippen LogP contribution in [-0.2, 0) is 0 Å². The molecule has 4 heteroatoms. The van der Waals surface area contributed by atoms with Gasteiger partial charge in [-0.2, -0.15) is 0 Å². The molecule has 1 aliphatic carbocycles. The summed E-state index contributed by atoms with van der Waals surface area (Å²) in [6, 6.07) is 0. The lowest BCUT2D eigenvalue weighted by atomic mass is 9.93. The lowest BCUT2D eigenvalue weighted by Crippen LogP contribution is -2.48. The number of hydrogen-bond donors (Lipinski definition) is 2. The maximum atomic E-state index is 10.1. The lowest BCUT2D eigenvalue weighted by Gasteiger charge is -2.38. The Balaban J connectivity index is 1.87. The summed E-state index contributed by atoms with van der Waals surface area (Å²) in [6.07, 6.45) is 5.37. The molecule has 3 N–H and O–H groups in total. The molecule has 0 spiro atoms. The van der Waals surface area contributed by atoms with Crippen LogP contribution in [0, 0.1) is 5.41 Å². The Bertz CT molecular complexity index is 287. The van der Waals surface area contributed by atoms with Crippen LogP contribution in [0.15, 0.2) is 0 Å². The second-order valence-corrected chi connectivity index (χ2v) is 6.48. The Morgan fingerprint density at radius 3 is 2.62 bits per heavy atom. The summed E-state index contributed by atoms with van der Waals surface area (Å²) in [4.78, 5) is 3.02. The van der Waals surface area contributed by atoms with Crippen LogP contribution in [0.3, 0.4) is 0 Å². The van der Waals surface area contributed by atoms with E-state index in [9.17, 15) is 5.11 Å². The van der Waals surface area contributed by atoms with E-state index in [1.54, 1.807) is 0 Å². The van der Waals surface area contributed by atoms with E-state index in [2.05, 4.69) is 4.90 Å². The highest BCUT2D eigenvalue weighted by Gasteiger charge is 2.45. The van der Waals surface area contributed by atoms with Crippen molar-refractivity contribution < 1.29 is 5.11 Å². The number of nitrogens with zero attached hydrogens (tertiary/aromatic N) is 1. The Hall–Kier alpha value is -0.190. The Morgan fingerprint density at radius 2 is 2.12 bits per heavy atom. The summed E-state index contributed by atoms with van der Waals surface area (Å²) in [5, 5.41) is 10.1. The molecule has 1 aliphatic heterocycles. The molecule has 0 bridgehead atoms. The van der Waals surface area contributed by atoms with Gasteiger partial charge in [-0.25, -0.2) is 0 Å². The highest BCUT2D eigenvalue weighted by Crippen LogP contribution is 2.49. The molecule has 1 atom stereocenters. The van der Waals surface area contributed by atoms with Crippen molar-refractivity contribution in [3.05, 3.63) is 0 Å². The molecule has 3 nitrogen and oxygen atoms in total. The van der Waals surface area contributed by atoms with E-state index in [-0.39, 0.29) is 0 Å². The fourth-order valence-electron chi connectivity index (χ4n) is 2.87. The average Bonchev–Trinajstić information content (AvgIpc) is 2.81. The van der Waals surface area contributed by atoms with Crippen LogP contribution in [-0.4, -0.2) is 40.2 Å². The molecule has 1 heterocycles. The van der Waals surface area contributed by atoms with Gasteiger partial charge in [-0.1, -0.05) is 12.2 Å². The van der Waals surface area contributed by atoms with E-state index in [1.165, 1.54) is 12.8 Å². The van der Waals surface area contributed by atoms with E-state index >= 15 is 0 Å². The first-order chi connectivity index (χ1) is 7.41. The zero-order chi connectivity index (χ0) is 11.8. The van der Waals surface area contributed by atoms with Gasteiger partial charge < -0.3 is 10.8 Å². The van der Waals surface area contributed by atoms with E-state index in [0.29, 0.717) is 10.4 Å². The second-order valence-electron chi connectivity index (χ2n) is 5.95. The van der Waals surface area contributed by atoms with Gasteiger partial charge in [0.1, 0.15) is 0 Å². The Labute approximate surface area is 103 Å². The quantitative estimate of drug-likeness (QED) is 0.729. The van der Waals surface area contributed by atoms with Crippen molar-refractivity contribution >= 4 is 17.2 Å². The third kappa shape index (κ3) is 3.15. The van der Waals surface area contributed by atoms with Gasteiger partial charge in [0.2, 0.25) is 0 Å². The van der Waals surface area contributed by atoms with Crippen LogP contribution in [0.25, 0.3) is 0 Å². The zero-order valence-electron chi connectivity index (χ0n) is 10.0. The summed E-state index contributed by atoms with van der Waals surface area (Å²) in [7, 11) is 0. The molecule has 2 fully saturated rings. The van der Waals surface area contributed by atoms with Gasteiger partial charge >= 0.3 is 0 Å². The number of likely N-dealkylation sites (tertiary alicyclic amines) is 1. The maximum Gasteiger partial charge on any atom is 0.0746 e. The molecule has 16 heavy (non-hydrogen) atoms. The minimum absolute atomic E-state index is 0.346. The van der Waals surface area contributed by atoms with Gasteiger partial charge in [0.05, 0.1) is 10.6 Å². The first-order valence-corrected chi connectivity index (χ1v) is 6.55. The van der Waals surface area contributed by atoms with Gasteiger partial charge in [-0.15, -0.1) is 0 Å². The molecule has 0 radical (unpaired) electrons. The van der Waals surface area contributed by atoms with Crippen molar-refractivity contribution in [2.45, 2.75) is 44.6 Å². The SMILES string of the molecule is CC1(O)CCCN(CC2(CC(N)=S)CC2)C1. The summed E-state index contributed by atoms with van der Waals surface area (Å²) < 4.78 is 0. The van der Waals surface area contributed by atoms with Crippen LogP contribution in [0.4, 0.5) is 0 Å². The number of piperidine rings is 1. The third-order valence-corrected chi connectivity index (χ3v) is 3.96. The van der Waals surface area contributed by atoms with E-state index in [4.69, 9.17) is 18.0 Å². The van der Waals surface area contributed by atoms with E-state index in [1.807, 2.05) is 6.92 Å². The number of aliphatic hydroxyl groups is 1. The second kappa shape index (κ2) is 4.24. The van der Waals surface area contributed by atoms with Crippen LogP contribution < -0.4 is 5.73 Å². The zero-order valence-corrected chi connectivity index (χ0v) is 10.9. The first kappa shape index (κ1) is 12.3. The number of β-amino-alcohol motifs (C(OH)–C–C–N with tert-alkyl or cyclic N) is 1. The smallest absolute Gasteiger partial charge is 0.0746 e. The molecule has 0 aromatic heterocycles. The molecule has 1 saturated heterocycles. The van der Waals surface area contributed by atoms with Gasteiger partial charge in [0, 0.05) is 19.5 Å². The van der Waals surface area contributed by atoms with Crippen molar-refractivity contribution in [1.29, 1.82) is 0 Å². The molecule has 2 aliphatic rings. The van der Waals surface area contributed by atoms with Crippen molar-refractivity contribution in [2.75, 3.05) is 19.6 Å². The van der Waals surface area contributed by atoms with Crippen molar-refractivity contribution in [1.82, 2.24) is 4.90 Å². The molecule has 0 amide bonds.